The van der Waals surface area contributed by atoms with Crippen molar-refractivity contribution in [3.8, 4) is 5.75 Å². The quantitative estimate of drug-likeness (QED) is 0.473. The first-order valence-corrected chi connectivity index (χ1v) is 11.7. The van der Waals surface area contributed by atoms with Crippen molar-refractivity contribution in [1.82, 2.24) is 14.8 Å². The fraction of sp³-hybridized carbons (Fsp3) is 0.348. The van der Waals surface area contributed by atoms with Gasteiger partial charge in [-0.3, -0.25) is 4.79 Å². The number of ether oxygens (including phenoxy) is 1. The number of carbonyl (C=O) groups excluding carboxylic acids is 1. The Morgan fingerprint density at radius 2 is 2.06 bits per heavy atom. The predicted molar refractivity (Wildman–Crippen MR) is 124 cm³/mol. The molecule has 0 saturated heterocycles. The SMILES string of the molecule is CCn1c(COc2ccc(Cl)c(C)c2)nnc1SCC(=O)N1c2ccccc2C[C@@H]1C. The number of benzene rings is 2. The Bertz CT molecular complexity index is 1100. The minimum Gasteiger partial charge on any atom is -0.486 e. The fourth-order valence-electron chi connectivity index (χ4n) is 3.85. The Hall–Kier alpha value is -2.51. The van der Waals surface area contributed by atoms with Crippen LogP contribution in [0.15, 0.2) is 47.6 Å². The molecular formula is C23H25ClN4O2S. The number of anilines is 1. The van der Waals surface area contributed by atoms with Crippen molar-refractivity contribution in [2.75, 3.05) is 10.7 Å². The number of thioether (sulfide) groups is 1. The van der Waals surface area contributed by atoms with E-state index in [1.807, 2.05) is 59.7 Å². The van der Waals surface area contributed by atoms with Gasteiger partial charge in [-0.15, -0.1) is 10.2 Å². The van der Waals surface area contributed by atoms with Crippen LogP contribution >= 0.6 is 23.4 Å². The summed E-state index contributed by atoms with van der Waals surface area (Å²) in [7, 11) is 0. The van der Waals surface area contributed by atoms with Crippen LogP contribution < -0.4 is 9.64 Å². The molecule has 0 N–H and O–H groups in total. The molecule has 2 heterocycles. The van der Waals surface area contributed by atoms with Gasteiger partial charge in [-0.25, -0.2) is 0 Å². The summed E-state index contributed by atoms with van der Waals surface area (Å²) < 4.78 is 7.87. The Kier molecular flexibility index (Phi) is 6.53. The lowest BCUT2D eigenvalue weighted by Gasteiger charge is -2.22. The Balaban J connectivity index is 1.41. The van der Waals surface area contributed by atoms with Gasteiger partial charge >= 0.3 is 0 Å². The largest absolute Gasteiger partial charge is 0.486 e. The molecule has 0 spiro atoms. The third kappa shape index (κ3) is 4.57. The van der Waals surface area contributed by atoms with Gasteiger partial charge in [-0.2, -0.15) is 0 Å². The van der Waals surface area contributed by atoms with E-state index in [9.17, 15) is 4.79 Å². The van der Waals surface area contributed by atoms with Crippen molar-refractivity contribution in [2.45, 2.75) is 51.5 Å². The highest BCUT2D eigenvalue weighted by atomic mass is 35.5. The summed E-state index contributed by atoms with van der Waals surface area (Å²) in [4.78, 5) is 14.9. The number of carbonyl (C=O) groups is 1. The molecule has 3 aromatic rings. The van der Waals surface area contributed by atoms with Crippen molar-refractivity contribution < 1.29 is 9.53 Å². The number of aromatic nitrogens is 3. The van der Waals surface area contributed by atoms with Gasteiger partial charge in [0.1, 0.15) is 12.4 Å². The summed E-state index contributed by atoms with van der Waals surface area (Å²) in [6, 6.07) is 13.8. The zero-order chi connectivity index (χ0) is 22.0. The number of nitrogens with zero attached hydrogens (tertiary/aromatic N) is 4. The second kappa shape index (κ2) is 9.32. The molecule has 1 atom stereocenters. The van der Waals surface area contributed by atoms with E-state index in [1.54, 1.807) is 0 Å². The van der Waals surface area contributed by atoms with Crippen LogP contribution in [-0.2, 0) is 24.4 Å². The average Bonchev–Trinajstić information content (AvgIpc) is 3.32. The summed E-state index contributed by atoms with van der Waals surface area (Å²) in [5, 5.41) is 10.0. The lowest BCUT2D eigenvalue weighted by atomic mass is 10.1. The van der Waals surface area contributed by atoms with Gasteiger partial charge < -0.3 is 14.2 Å². The van der Waals surface area contributed by atoms with E-state index in [-0.39, 0.29) is 11.9 Å². The van der Waals surface area contributed by atoms with Crippen LogP contribution in [0.3, 0.4) is 0 Å². The van der Waals surface area contributed by atoms with E-state index >= 15 is 0 Å². The minimum atomic E-state index is 0.0857. The molecule has 1 aliphatic heterocycles. The molecule has 0 fully saturated rings. The van der Waals surface area contributed by atoms with Crippen molar-refractivity contribution in [3.63, 3.8) is 0 Å². The Morgan fingerprint density at radius 3 is 2.84 bits per heavy atom. The molecule has 31 heavy (non-hydrogen) atoms. The molecular weight excluding hydrogens is 432 g/mol. The van der Waals surface area contributed by atoms with Gasteiger partial charge in [0.05, 0.1) is 5.75 Å². The summed E-state index contributed by atoms with van der Waals surface area (Å²) in [6.07, 6.45) is 0.892. The number of fused-ring (bicyclic) bond motifs is 1. The first kappa shape index (κ1) is 21.7. The van der Waals surface area contributed by atoms with Crippen LogP contribution in [0.5, 0.6) is 5.75 Å². The van der Waals surface area contributed by atoms with Gasteiger partial charge in [-0.1, -0.05) is 41.6 Å². The van der Waals surface area contributed by atoms with Crippen LogP contribution in [0.2, 0.25) is 5.02 Å². The van der Waals surface area contributed by atoms with E-state index in [4.69, 9.17) is 16.3 Å². The predicted octanol–water partition coefficient (Wildman–Crippen LogP) is 4.91. The minimum absolute atomic E-state index is 0.0857. The van der Waals surface area contributed by atoms with Crippen LogP contribution in [0, 0.1) is 6.92 Å². The highest BCUT2D eigenvalue weighted by Gasteiger charge is 2.30. The molecule has 6 nitrogen and oxygen atoms in total. The molecule has 1 aromatic heterocycles. The van der Waals surface area contributed by atoms with E-state index in [1.165, 1.54) is 17.3 Å². The average molecular weight is 457 g/mol. The number of halogens is 1. The number of hydrogen-bond acceptors (Lipinski definition) is 5. The molecule has 0 aliphatic carbocycles. The topological polar surface area (TPSA) is 60.2 Å². The standard InChI is InChI=1S/C23H25ClN4O2S/c1-4-27-21(13-30-18-9-10-19(24)15(2)11-18)25-26-23(27)31-14-22(29)28-16(3)12-17-7-5-6-8-20(17)28/h5-11,16H,4,12-14H2,1-3H3/t16-/m0/s1. The number of aryl methyl sites for hydroxylation is 1. The fourth-order valence-corrected chi connectivity index (χ4v) is 4.84. The molecule has 1 amide bonds. The second-order valence-corrected chi connectivity index (χ2v) is 8.93. The van der Waals surface area contributed by atoms with Crippen LogP contribution in [0.4, 0.5) is 5.69 Å². The summed E-state index contributed by atoms with van der Waals surface area (Å²) in [6.45, 7) is 7.06. The highest BCUT2D eigenvalue weighted by Crippen LogP contribution is 2.33. The third-order valence-electron chi connectivity index (χ3n) is 5.41. The maximum Gasteiger partial charge on any atom is 0.237 e. The van der Waals surface area contributed by atoms with Gasteiger partial charge in [0.2, 0.25) is 5.91 Å². The Morgan fingerprint density at radius 1 is 1.26 bits per heavy atom. The number of para-hydroxylation sites is 1. The van der Waals surface area contributed by atoms with E-state index in [0.717, 1.165) is 34.4 Å². The zero-order valence-corrected chi connectivity index (χ0v) is 19.4. The first-order valence-electron chi connectivity index (χ1n) is 10.3. The molecule has 4 rings (SSSR count). The van der Waals surface area contributed by atoms with Crippen LogP contribution in [0.1, 0.15) is 30.8 Å². The lowest BCUT2D eigenvalue weighted by Crippen LogP contribution is -2.37. The first-order chi connectivity index (χ1) is 15.0. The number of hydrogen-bond donors (Lipinski definition) is 0. The van der Waals surface area contributed by atoms with Crippen LogP contribution in [0.25, 0.3) is 0 Å². The van der Waals surface area contributed by atoms with Crippen molar-refractivity contribution in [3.05, 3.63) is 64.4 Å². The van der Waals surface area contributed by atoms with Gasteiger partial charge in [0.25, 0.3) is 0 Å². The number of rotatable bonds is 7. The molecule has 8 heteroatoms. The lowest BCUT2D eigenvalue weighted by molar-refractivity contribution is -0.116. The summed E-state index contributed by atoms with van der Waals surface area (Å²) in [5.41, 5.74) is 3.20. The molecule has 1 aliphatic rings. The smallest absolute Gasteiger partial charge is 0.237 e. The van der Waals surface area contributed by atoms with Gasteiger partial charge in [0, 0.05) is 23.3 Å². The molecule has 0 radical (unpaired) electrons. The van der Waals surface area contributed by atoms with Crippen molar-refractivity contribution in [1.29, 1.82) is 0 Å². The maximum absolute atomic E-state index is 13.0. The maximum atomic E-state index is 13.0. The van der Waals surface area contributed by atoms with Crippen LogP contribution in [-0.4, -0.2) is 32.5 Å². The highest BCUT2D eigenvalue weighted by molar-refractivity contribution is 7.99. The normalized spacial score (nSPS) is 15.2. The van der Waals surface area contributed by atoms with Crippen molar-refractivity contribution in [2.24, 2.45) is 0 Å². The molecule has 162 valence electrons. The number of amides is 1. The zero-order valence-electron chi connectivity index (χ0n) is 17.8. The summed E-state index contributed by atoms with van der Waals surface area (Å²) >= 11 is 7.49. The second-order valence-electron chi connectivity index (χ2n) is 7.58. The third-order valence-corrected chi connectivity index (χ3v) is 6.78. The molecule has 0 saturated carbocycles. The van der Waals surface area contributed by atoms with Gasteiger partial charge in [-0.05, 0) is 62.6 Å². The molecule has 0 bridgehead atoms. The van der Waals surface area contributed by atoms with E-state index in [2.05, 4.69) is 23.2 Å². The van der Waals surface area contributed by atoms with Gasteiger partial charge in [0.15, 0.2) is 11.0 Å². The summed E-state index contributed by atoms with van der Waals surface area (Å²) in [5.74, 6) is 1.86. The molecule has 0 unspecified atom stereocenters. The molecule has 2 aromatic carbocycles. The monoisotopic (exact) mass is 456 g/mol. The van der Waals surface area contributed by atoms with E-state index in [0.29, 0.717) is 23.9 Å². The van der Waals surface area contributed by atoms with Crippen molar-refractivity contribution >= 4 is 35.0 Å². The Labute approximate surface area is 191 Å². The van der Waals surface area contributed by atoms with E-state index < -0.39 is 0 Å².